The van der Waals surface area contributed by atoms with Crippen molar-refractivity contribution in [1.82, 2.24) is 5.32 Å². The highest BCUT2D eigenvalue weighted by molar-refractivity contribution is 5.29. The first-order chi connectivity index (χ1) is 7.81. The molecule has 0 radical (unpaired) electrons. The SMILES string of the molecule is COCCNCC1CC1c1ccc(C)cc1. The van der Waals surface area contributed by atoms with Crippen molar-refractivity contribution < 1.29 is 4.74 Å². The van der Waals surface area contributed by atoms with Crippen molar-refractivity contribution in [3.05, 3.63) is 35.4 Å². The topological polar surface area (TPSA) is 21.3 Å². The van der Waals surface area contributed by atoms with E-state index in [1.165, 1.54) is 17.5 Å². The summed E-state index contributed by atoms with van der Waals surface area (Å²) in [5.74, 6) is 1.62. The maximum atomic E-state index is 5.01. The largest absolute Gasteiger partial charge is 0.383 e. The van der Waals surface area contributed by atoms with Crippen molar-refractivity contribution in [1.29, 1.82) is 0 Å². The van der Waals surface area contributed by atoms with E-state index in [0.717, 1.165) is 31.5 Å². The molecular formula is C14H21NO. The third-order valence-electron chi connectivity index (χ3n) is 3.32. The van der Waals surface area contributed by atoms with Crippen LogP contribution in [0.15, 0.2) is 24.3 Å². The summed E-state index contributed by atoms with van der Waals surface area (Å²) in [6.07, 6.45) is 1.34. The van der Waals surface area contributed by atoms with Gasteiger partial charge in [0.1, 0.15) is 0 Å². The molecule has 1 aromatic rings. The van der Waals surface area contributed by atoms with E-state index < -0.39 is 0 Å². The Morgan fingerprint density at radius 3 is 2.75 bits per heavy atom. The fraction of sp³-hybridized carbons (Fsp3) is 0.571. The fourth-order valence-corrected chi connectivity index (χ4v) is 2.16. The number of methoxy groups -OCH3 is 1. The molecule has 2 rings (SSSR count). The zero-order chi connectivity index (χ0) is 11.4. The van der Waals surface area contributed by atoms with Gasteiger partial charge in [0.15, 0.2) is 0 Å². The molecule has 1 saturated carbocycles. The lowest BCUT2D eigenvalue weighted by molar-refractivity contribution is 0.199. The van der Waals surface area contributed by atoms with E-state index in [2.05, 4.69) is 36.5 Å². The first kappa shape index (κ1) is 11.6. The molecule has 0 bridgehead atoms. The first-order valence-corrected chi connectivity index (χ1v) is 6.07. The number of nitrogens with one attached hydrogen (secondary N) is 1. The molecule has 2 heteroatoms. The predicted molar refractivity (Wildman–Crippen MR) is 66.8 cm³/mol. The Balaban J connectivity index is 1.72. The predicted octanol–water partition coefficient (Wildman–Crippen LogP) is 2.33. The van der Waals surface area contributed by atoms with Crippen LogP contribution in [0.5, 0.6) is 0 Å². The highest BCUT2D eigenvalue weighted by atomic mass is 16.5. The summed E-state index contributed by atoms with van der Waals surface area (Å²) in [6.45, 7) is 5.04. The average Bonchev–Trinajstić information content (AvgIpc) is 3.05. The van der Waals surface area contributed by atoms with Crippen molar-refractivity contribution in [2.24, 2.45) is 5.92 Å². The lowest BCUT2D eigenvalue weighted by atomic mass is 10.1. The lowest BCUT2D eigenvalue weighted by Gasteiger charge is -2.04. The Bertz CT molecular complexity index is 320. The third-order valence-corrected chi connectivity index (χ3v) is 3.32. The van der Waals surface area contributed by atoms with E-state index in [1.807, 2.05) is 0 Å². The maximum Gasteiger partial charge on any atom is 0.0587 e. The van der Waals surface area contributed by atoms with E-state index >= 15 is 0 Å². The van der Waals surface area contributed by atoms with Gasteiger partial charge in [-0.15, -0.1) is 0 Å². The second-order valence-electron chi connectivity index (χ2n) is 4.71. The van der Waals surface area contributed by atoms with E-state index in [0.29, 0.717) is 0 Å². The van der Waals surface area contributed by atoms with Gasteiger partial charge < -0.3 is 10.1 Å². The van der Waals surface area contributed by atoms with Crippen LogP contribution in [0.3, 0.4) is 0 Å². The van der Waals surface area contributed by atoms with Crippen LogP contribution in [0.1, 0.15) is 23.5 Å². The molecule has 16 heavy (non-hydrogen) atoms. The molecule has 0 amide bonds. The van der Waals surface area contributed by atoms with Crippen LogP contribution < -0.4 is 5.32 Å². The summed E-state index contributed by atoms with van der Waals surface area (Å²) in [7, 11) is 1.74. The molecule has 0 aromatic heterocycles. The smallest absolute Gasteiger partial charge is 0.0587 e. The molecule has 1 fully saturated rings. The number of aryl methyl sites for hydroxylation is 1. The van der Waals surface area contributed by atoms with Crippen molar-refractivity contribution in [3.63, 3.8) is 0 Å². The molecule has 0 heterocycles. The molecule has 0 saturated heterocycles. The van der Waals surface area contributed by atoms with Crippen molar-refractivity contribution in [2.75, 3.05) is 26.8 Å². The second kappa shape index (κ2) is 5.46. The Morgan fingerprint density at radius 2 is 2.06 bits per heavy atom. The van der Waals surface area contributed by atoms with Gasteiger partial charge in [-0.3, -0.25) is 0 Å². The summed E-state index contributed by atoms with van der Waals surface area (Å²) in [5, 5.41) is 3.43. The normalized spacial score (nSPS) is 23.4. The van der Waals surface area contributed by atoms with Crippen LogP contribution in [0, 0.1) is 12.8 Å². The van der Waals surface area contributed by atoms with E-state index in [1.54, 1.807) is 7.11 Å². The number of hydrogen-bond donors (Lipinski definition) is 1. The van der Waals surface area contributed by atoms with E-state index in [9.17, 15) is 0 Å². The standard InChI is InChI=1S/C14H21NO/c1-11-3-5-12(6-4-11)14-9-13(14)10-15-7-8-16-2/h3-6,13-15H,7-10H2,1-2H3. The second-order valence-corrected chi connectivity index (χ2v) is 4.71. The molecule has 1 aliphatic rings. The van der Waals surface area contributed by atoms with Gasteiger partial charge in [0.25, 0.3) is 0 Å². The van der Waals surface area contributed by atoms with Crippen LogP contribution in [0.25, 0.3) is 0 Å². The van der Waals surface area contributed by atoms with Gasteiger partial charge in [0, 0.05) is 13.7 Å². The minimum Gasteiger partial charge on any atom is -0.383 e. The fourth-order valence-electron chi connectivity index (χ4n) is 2.16. The molecular weight excluding hydrogens is 198 g/mol. The van der Waals surface area contributed by atoms with Crippen molar-refractivity contribution in [3.8, 4) is 0 Å². The van der Waals surface area contributed by atoms with Gasteiger partial charge in [-0.1, -0.05) is 29.8 Å². The van der Waals surface area contributed by atoms with Crippen LogP contribution in [-0.4, -0.2) is 26.8 Å². The molecule has 88 valence electrons. The van der Waals surface area contributed by atoms with Crippen LogP contribution in [-0.2, 0) is 4.74 Å². The monoisotopic (exact) mass is 219 g/mol. The number of benzene rings is 1. The van der Waals surface area contributed by atoms with Crippen LogP contribution >= 0.6 is 0 Å². The highest BCUT2D eigenvalue weighted by Gasteiger charge is 2.37. The van der Waals surface area contributed by atoms with Gasteiger partial charge in [0.2, 0.25) is 0 Å². The third kappa shape index (κ3) is 3.06. The zero-order valence-electron chi connectivity index (χ0n) is 10.2. The number of rotatable bonds is 6. The lowest BCUT2D eigenvalue weighted by Crippen LogP contribution is -2.21. The first-order valence-electron chi connectivity index (χ1n) is 6.07. The maximum absolute atomic E-state index is 5.01. The summed E-state index contributed by atoms with van der Waals surface area (Å²) < 4.78 is 5.01. The average molecular weight is 219 g/mol. The minimum absolute atomic E-state index is 0.788. The van der Waals surface area contributed by atoms with Gasteiger partial charge in [-0.2, -0.15) is 0 Å². The molecule has 1 aromatic carbocycles. The van der Waals surface area contributed by atoms with Gasteiger partial charge >= 0.3 is 0 Å². The highest BCUT2D eigenvalue weighted by Crippen LogP contribution is 2.46. The Kier molecular flexibility index (Phi) is 3.97. The Labute approximate surface area is 98.0 Å². The summed E-state index contributed by atoms with van der Waals surface area (Å²) in [5.41, 5.74) is 2.85. The molecule has 2 atom stereocenters. The molecule has 2 unspecified atom stereocenters. The number of hydrogen-bond acceptors (Lipinski definition) is 2. The summed E-state index contributed by atoms with van der Waals surface area (Å²) in [6, 6.07) is 8.97. The van der Waals surface area contributed by atoms with Crippen molar-refractivity contribution in [2.45, 2.75) is 19.3 Å². The Morgan fingerprint density at radius 1 is 1.31 bits per heavy atom. The number of ether oxygens (including phenoxy) is 1. The zero-order valence-corrected chi connectivity index (χ0v) is 10.2. The Hall–Kier alpha value is -0.860. The van der Waals surface area contributed by atoms with Crippen LogP contribution in [0.4, 0.5) is 0 Å². The summed E-state index contributed by atoms with van der Waals surface area (Å²) in [4.78, 5) is 0. The van der Waals surface area contributed by atoms with Gasteiger partial charge in [-0.25, -0.2) is 0 Å². The van der Waals surface area contributed by atoms with E-state index in [4.69, 9.17) is 4.74 Å². The molecule has 1 N–H and O–H groups in total. The van der Waals surface area contributed by atoms with Crippen LogP contribution in [0.2, 0.25) is 0 Å². The van der Waals surface area contributed by atoms with Crippen molar-refractivity contribution >= 4 is 0 Å². The quantitative estimate of drug-likeness (QED) is 0.741. The minimum atomic E-state index is 0.788. The summed E-state index contributed by atoms with van der Waals surface area (Å²) >= 11 is 0. The van der Waals surface area contributed by atoms with E-state index in [-0.39, 0.29) is 0 Å². The molecule has 0 spiro atoms. The van der Waals surface area contributed by atoms with Gasteiger partial charge in [0.05, 0.1) is 6.61 Å². The molecule has 1 aliphatic carbocycles. The van der Waals surface area contributed by atoms with Gasteiger partial charge in [-0.05, 0) is 37.3 Å². The molecule has 0 aliphatic heterocycles. The molecule has 2 nitrogen and oxygen atoms in total.